The zero-order valence-corrected chi connectivity index (χ0v) is 24.1. The van der Waals surface area contributed by atoms with Crippen LogP contribution in [0, 0.1) is 23.2 Å². The van der Waals surface area contributed by atoms with Gasteiger partial charge in [0, 0.05) is 49.6 Å². The Bertz CT molecular complexity index is 675. The summed E-state index contributed by atoms with van der Waals surface area (Å²) >= 11 is 2.19. The smallest absolute Gasteiger partial charge is 0.0964 e. The van der Waals surface area contributed by atoms with E-state index in [0.717, 1.165) is 44.1 Å². The molecule has 206 valence electrons. The van der Waals surface area contributed by atoms with Gasteiger partial charge in [-0.25, -0.2) is 10.0 Å². The molecule has 0 aromatic rings. The first-order valence-corrected chi connectivity index (χ1v) is 17.5. The number of hydrogen-bond donors (Lipinski definition) is 0. The third-order valence-electron chi connectivity index (χ3n) is 11.7. The molecule has 3 heterocycles. The summed E-state index contributed by atoms with van der Waals surface area (Å²) in [4.78, 5) is 3.13. The van der Waals surface area contributed by atoms with Gasteiger partial charge in [0.25, 0.3) is 0 Å². The van der Waals surface area contributed by atoms with Crippen LogP contribution in [0.5, 0.6) is 0 Å². The number of rotatable bonds is 5. The number of thioether (sulfide) groups is 1. The molecule has 4 nitrogen and oxygen atoms in total. The van der Waals surface area contributed by atoms with Gasteiger partial charge < -0.3 is 4.74 Å². The van der Waals surface area contributed by atoms with Gasteiger partial charge in [0.2, 0.25) is 0 Å². The van der Waals surface area contributed by atoms with Crippen LogP contribution in [0.2, 0.25) is 0 Å². The quantitative estimate of drug-likeness (QED) is 0.372. The number of nitrogens with zero attached hydrogens (tertiary/aromatic N) is 3. The van der Waals surface area contributed by atoms with Crippen LogP contribution in [-0.2, 0) is 4.74 Å². The second-order valence-corrected chi connectivity index (χ2v) is 14.4. The van der Waals surface area contributed by atoms with E-state index >= 15 is 0 Å². The molecule has 6 fully saturated rings. The summed E-state index contributed by atoms with van der Waals surface area (Å²) in [5.41, 5.74) is 0.692. The first-order chi connectivity index (χ1) is 17.9. The van der Waals surface area contributed by atoms with Gasteiger partial charge in [-0.2, -0.15) is 11.8 Å². The lowest BCUT2D eigenvalue weighted by Crippen LogP contribution is -2.81. The van der Waals surface area contributed by atoms with Crippen LogP contribution in [-0.4, -0.2) is 78.0 Å². The Kier molecular flexibility index (Phi) is 8.91. The predicted molar refractivity (Wildman–Crippen MR) is 152 cm³/mol. The van der Waals surface area contributed by atoms with E-state index in [2.05, 4.69) is 26.7 Å². The maximum atomic E-state index is 6.09. The summed E-state index contributed by atoms with van der Waals surface area (Å²) in [6.45, 7) is 8.07. The fraction of sp³-hybridized carbons (Fsp3) is 1.00. The molecule has 6 rings (SSSR count). The van der Waals surface area contributed by atoms with Crippen LogP contribution in [0.4, 0.5) is 0 Å². The van der Waals surface area contributed by atoms with E-state index in [0.29, 0.717) is 5.41 Å². The normalized spacial score (nSPS) is 38.3. The molecule has 5 heteroatoms. The van der Waals surface area contributed by atoms with E-state index in [1.807, 2.05) is 0 Å². The monoisotopic (exact) mass is 517 g/mol. The number of ether oxygens (including phenoxy) is 1. The average Bonchev–Trinajstić information content (AvgIpc) is 3.37. The van der Waals surface area contributed by atoms with Gasteiger partial charge in [-0.3, -0.25) is 4.90 Å². The zero-order chi connectivity index (χ0) is 24.3. The van der Waals surface area contributed by atoms with Crippen LogP contribution >= 0.6 is 11.8 Å². The third kappa shape index (κ3) is 4.63. The molecule has 3 aliphatic carbocycles. The van der Waals surface area contributed by atoms with Crippen molar-refractivity contribution in [2.75, 3.05) is 57.4 Å². The van der Waals surface area contributed by atoms with Crippen LogP contribution in [0.3, 0.4) is 0 Å². The number of hydrogen-bond acceptors (Lipinski definition) is 5. The molecule has 0 N–H and O–H groups in total. The summed E-state index contributed by atoms with van der Waals surface area (Å²) in [5.74, 6) is 5.34. The molecule has 2 atom stereocenters. The standard InChI is InChI=1S/C31H55N3OS/c1-2-5-16-29(15-4-1)31(32-19-23-35-24-20-32)30(28-13-8-9-14-28,27-11-6-3-7-12-27)17-10-18-34(31)33-21-25-36-26-22-33/h27-29H,1-26H2. The highest BCUT2D eigenvalue weighted by Gasteiger charge is 2.68. The van der Waals surface area contributed by atoms with Crippen molar-refractivity contribution >= 4 is 11.8 Å². The molecule has 2 unspecified atom stereocenters. The zero-order valence-electron chi connectivity index (χ0n) is 23.3. The largest absolute Gasteiger partial charge is 0.379 e. The Balaban J connectivity index is 1.55. The maximum absolute atomic E-state index is 6.09. The lowest BCUT2D eigenvalue weighted by Gasteiger charge is -2.72. The molecule has 3 aliphatic heterocycles. The van der Waals surface area contributed by atoms with E-state index < -0.39 is 0 Å². The van der Waals surface area contributed by atoms with Crippen LogP contribution in [0.25, 0.3) is 0 Å². The van der Waals surface area contributed by atoms with Gasteiger partial charge in [-0.15, -0.1) is 0 Å². The fourth-order valence-corrected chi connectivity index (χ4v) is 11.4. The van der Waals surface area contributed by atoms with Gasteiger partial charge >= 0.3 is 0 Å². The molecule has 0 spiro atoms. The first-order valence-electron chi connectivity index (χ1n) is 16.3. The SMILES string of the molecule is C1CCC(C2(C3CCCC3)CCCN(N3CCSCC3)C2(C2CCCCCC2)N2CCOCC2)CC1. The number of morpholine rings is 1. The summed E-state index contributed by atoms with van der Waals surface area (Å²) in [6, 6.07) is 0. The minimum atomic E-state index is 0.221. The van der Waals surface area contributed by atoms with E-state index in [4.69, 9.17) is 4.74 Å². The number of hydrazine groups is 1. The molecule has 0 radical (unpaired) electrons. The second-order valence-electron chi connectivity index (χ2n) is 13.2. The molecule has 0 amide bonds. The van der Waals surface area contributed by atoms with Crippen LogP contribution in [0.15, 0.2) is 0 Å². The fourth-order valence-electron chi connectivity index (χ4n) is 10.6. The van der Waals surface area contributed by atoms with Crippen molar-refractivity contribution in [3.63, 3.8) is 0 Å². The maximum Gasteiger partial charge on any atom is 0.0964 e. The Hall–Kier alpha value is 0.190. The van der Waals surface area contributed by atoms with E-state index in [1.54, 1.807) is 0 Å². The summed E-state index contributed by atoms with van der Waals surface area (Å²) < 4.78 is 6.09. The molecule has 36 heavy (non-hydrogen) atoms. The van der Waals surface area contributed by atoms with Crippen molar-refractivity contribution in [3.8, 4) is 0 Å². The van der Waals surface area contributed by atoms with Crippen molar-refractivity contribution in [2.24, 2.45) is 23.2 Å². The lowest BCUT2D eigenvalue weighted by molar-refractivity contribution is -0.314. The van der Waals surface area contributed by atoms with Gasteiger partial charge in [0.15, 0.2) is 0 Å². The molecule has 6 aliphatic rings. The minimum Gasteiger partial charge on any atom is -0.379 e. The molecule has 0 aromatic carbocycles. The summed E-state index contributed by atoms with van der Waals surface area (Å²) in [7, 11) is 0. The average molecular weight is 518 g/mol. The van der Waals surface area contributed by atoms with Gasteiger partial charge in [-0.1, -0.05) is 57.8 Å². The summed E-state index contributed by atoms with van der Waals surface area (Å²) in [5, 5.41) is 6.09. The minimum absolute atomic E-state index is 0.221. The highest BCUT2D eigenvalue weighted by molar-refractivity contribution is 7.99. The van der Waals surface area contributed by atoms with Crippen molar-refractivity contribution < 1.29 is 4.74 Å². The Labute approximate surface area is 226 Å². The topological polar surface area (TPSA) is 19.0 Å². The van der Waals surface area contributed by atoms with Gasteiger partial charge in [0.05, 0.1) is 18.9 Å². The van der Waals surface area contributed by atoms with Crippen LogP contribution in [0.1, 0.15) is 109 Å². The first kappa shape index (κ1) is 26.4. The Morgan fingerprint density at radius 1 is 0.556 bits per heavy atom. The Morgan fingerprint density at radius 2 is 1.08 bits per heavy atom. The number of piperidine rings is 1. The van der Waals surface area contributed by atoms with E-state index in [1.165, 1.54) is 140 Å². The highest BCUT2D eigenvalue weighted by Crippen LogP contribution is 2.66. The molecule has 0 aromatic heterocycles. The lowest BCUT2D eigenvalue weighted by atomic mass is 9.48. The predicted octanol–water partition coefficient (Wildman–Crippen LogP) is 6.80. The molecular weight excluding hydrogens is 462 g/mol. The van der Waals surface area contributed by atoms with Gasteiger partial charge in [-0.05, 0) is 69.1 Å². The molecular formula is C31H55N3OS. The van der Waals surface area contributed by atoms with Gasteiger partial charge in [0.1, 0.15) is 0 Å². The van der Waals surface area contributed by atoms with Crippen molar-refractivity contribution in [1.82, 2.24) is 14.9 Å². The Morgan fingerprint density at radius 3 is 1.69 bits per heavy atom. The third-order valence-corrected chi connectivity index (χ3v) is 12.6. The van der Waals surface area contributed by atoms with Crippen molar-refractivity contribution in [1.29, 1.82) is 0 Å². The summed E-state index contributed by atoms with van der Waals surface area (Å²) in [6.07, 6.45) is 25.2. The molecule has 0 bridgehead atoms. The van der Waals surface area contributed by atoms with Crippen molar-refractivity contribution in [3.05, 3.63) is 0 Å². The molecule has 3 saturated carbocycles. The van der Waals surface area contributed by atoms with Crippen molar-refractivity contribution in [2.45, 2.75) is 115 Å². The molecule has 3 saturated heterocycles. The van der Waals surface area contributed by atoms with E-state index in [-0.39, 0.29) is 5.66 Å². The highest BCUT2D eigenvalue weighted by atomic mass is 32.2. The van der Waals surface area contributed by atoms with Crippen LogP contribution < -0.4 is 0 Å². The second kappa shape index (κ2) is 12.1. The van der Waals surface area contributed by atoms with E-state index in [9.17, 15) is 0 Å².